The summed E-state index contributed by atoms with van der Waals surface area (Å²) in [5.74, 6) is 0.835. The lowest BCUT2D eigenvalue weighted by Crippen LogP contribution is -2.18. The van der Waals surface area contributed by atoms with E-state index in [-0.39, 0.29) is 5.91 Å². The van der Waals surface area contributed by atoms with Crippen molar-refractivity contribution in [1.29, 1.82) is 0 Å². The zero-order chi connectivity index (χ0) is 23.8. The Balaban J connectivity index is 1.67. The first-order valence-corrected chi connectivity index (χ1v) is 13.1. The summed E-state index contributed by atoms with van der Waals surface area (Å²) in [6, 6.07) is 19.7. The van der Waals surface area contributed by atoms with Gasteiger partial charge in [0.05, 0.1) is 29.1 Å². The third kappa shape index (κ3) is 5.88. The first-order chi connectivity index (χ1) is 16.7. The van der Waals surface area contributed by atoms with Crippen LogP contribution >= 0.6 is 23.5 Å². The van der Waals surface area contributed by atoms with Crippen LogP contribution in [0.1, 0.15) is 21.7 Å². The molecule has 0 saturated heterocycles. The fraction of sp³-hybridized carbons (Fsp3) is 0.192. The Morgan fingerprint density at radius 1 is 1.12 bits per heavy atom. The molecule has 1 amide bonds. The third-order valence-corrected chi connectivity index (χ3v) is 6.72. The summed E-state index contributed by atoms with van der Waals surface area (Å²) in [5, 5.41) is 8.55. The van der Waals surface area contributed by atoms with Crippen molar-refractivity contribution in [3.05, 3.63) is 83.8 Å². The lowest BCUT2D eigenvalue weighted by molar-refractivity contribution is 0.0843. The van der Waals surface area contributed by atoms with Crippen LogP contribution in [0.3, 0.4) is 0 Å². The number of hydrogen-bond acceptors (Lipinski definition) is 6. The number of amides is 1. The van der Waals surface area contributed by atoms with E-state index in [9.17, 15) is 4.79 Å². The Labute approximate surface area is 207 Å². The number of aromatic nitrogens is 3. The number of nitrogens with one attached hydrogen (secondary N) is 1. The van der Waals surface area contributed by atoms with Gasteiger partial charge < -0.3 is 10.1 Å². The number of carbonyl (C=O) groups is 1. The largest absolute Gasteiger partial charge is 0.358 e. The second-order valence-corrected chi connectivity index (χ2v) is 9.46. The van der Waals surface area contributed by atoms with Gasteiger partial charge in [-0.15, -0.1) is 0 Å². The van der Waals surface area contributed by atoms with E-state index in [2.05, 4.69) is 34.8 Å². The molecule has 4 aromatic rings. The van der Waals surface area contributed by atoms with Crippen molar-refractivity contribution >= 4 is 52.5 Å². The molecule has 2 heterocycles. The molecule has 0 radical (unpaired) electrons. The van der Waals surface area contributed by atoms with Crippen LogP contribution in [-0.2, 0) is 11.5 Å². The van der Waals surface area contributed by atoms with E-state index in [0.717, 1.165) is 37.8 Å². The Kier molecular flexibility index (Phi) is 8.41. The van der Waals surface area contributed by atoms with E-state index >= 15 is 0 Å². The van der Waals surface area contributed by atoms with E-state index in [1.165, 1.54) is 0 Å². The lowest BCUT2D eigenvalue weighted by Gasteiger charge is -2.09. The maximum absolute atomic E-state index is 12.3. The van der Waals surface area contributed by atoms with E-state index in [1.54, 1.807) is 36.8 Å². The Bertz CT molecular complexity index is 1290. The van der Waals surface area contributed by atoms with Crippen LogP contribution in [0.2, 0.25) is 0 Å². The fourth-order valence-electron chi connectivity index (χ4n) is 3.40. The van der Waals surface area contributed by atoms with Crippen LogP contribution in [0.25, 0.3) is 23.1 Å². The molecule has 8 heteroatoms. The summed E-state index contributed by atoms with van der Waals surface area (Å²) in [5.41, 5.74) is 3.37. The summed E-state index contributed by atoms with van der Waals surface area (Å²) in [4.78, 5) is 18.6. The number of fused-ring (bicyclic) bond motifs is 1. The number of thioether (sulfide) groups is 1. The van der Waals surface area contributed by atoms with Crippen LogP contribution in [-0.4, -0.2) is 46.3 Å². The molecule has 0 fully saturated rings. The van der Waals surface area contributed by atoms with Crippen molar-refractivity contribution in [2.45, 2.75) is 16.5 Å². The topological polar surface area (TPSA) is 69.0 Å². The molecule has 0 unspecified atom stereocenters. The first-order valence-electron chi connectivity index (χ1n) is 10.8. The van der Waals surface area contributed by atoms with Gasteiger partial charge in [0.1, 0.15) is 6.73 Å². The van der Waals surface area contributed by atoms with Crippen molar-refractivity contribution in [3.63, 3.8) is 0 Å². The molecule has 174 valence electrons. The van der Waals surface area contributed by atoms with E-state index in [4.69, 9.17) is 9.84 Å². The fourth-order valence-corrected chi connectivity index (χ4v) is 4.66. The molecule has 0 spiro atoms. The number of pyridine rings is 1. The van der Waals surface area contributed by atoms with Crippen molar-refractivity contribution in [3.8, 4) is 0 Å². The number of carbonyl (C=O) groups excluding carboxylic acids is 1. The number of nitrogens with zero attached hydrogens (tertiary/aromatic N) is 3. The van der Waals surface area contributed by atoms with Crippen LogP contribution in [0.15, 0.2) is 76.7 Å². The molecule has 2 aromatic heterocycles. The quantitative estimate of drug-likeness (QED) is 0.298. The second-order valence-electron chi connectivity index (χ2n) is 7.36. The van der Waals surface area contributed by atoms with Crippen LogP contribution < -0.4 is 5.32 Å². The molecule has 0 aliphatic rings. The van der Waals surface area contributed by atoms with Crippen molar-refractivity contribution in [2.75, 3.05) is 25.7 Å². The summed E-state index contributed by atoms with van der Waals surface area (Å²) in [6.07, 6.45) is 7.78. The molecule has 4 rings (SSSR count). The minimum atomic E-state index is -0.0987. The number of ether oxygens (including phenoxy) is 1. The van der Waals surface area contributed by atoms with Gasteiger partial charge in [-0.2, -0.15) is 16.9 Å². The van der Waals surface area contributed by atoms with Gasteiger partial charge in [0.2, 0.25) is 0 Å². The van der Waals surface area contributed by atoms with Gasteiger partial charge in [0.25, 0.3) is 5.91 Å². The second kappa shape index (κ2) is 11.9. The zero-order valence-electron chi connectivity index (χ0n) is 19.1. The molecular formula is C26H26N4O2S2. The summed E-state index contributed by atoms with van der Waals surface area (Å²) in [6.45, 7) is 1.03. The van der Waals surface area contributed by atoms with Gasteiger partial charge >= 0.3 is 0 Å². The van der Waals surface area contributed by atoms with E-state index in [1.807, 2.05) is 59.3 Å². The van der Waals surface area contributed by atoms with Crippen LogP contribution in [0, 0.1) is 0 Å². The molecule has 1 N–H and O–H groups in total. The average molecular weight is 491 g/mol. The molecule has 6 nitrogen and oxygen atoms in total. The highest BCUT2D eigenvalue weighted by atomic mass is 32.2. The van der Waals surface area contributed by atoms with E-state index in [0.29, 0.717) is 18.9 Å². The monoisotopic (exact) mass is 490 g/mol. The number of hydrogen-bond donors (Lipinski definition) is 1. The Morgan fingerprint density at radius 2 is 1.97 bits per heavy atom. The maximum atomic E-state index is 12.3. The lowest BCUT2D eigenvalue weighted by atomic mass is 10.2. The minimum Gasteiger partial charge on any atom is -0.358 e. The summed E-state index contributed by atoms with van der Waals surface area (Å²) >= 11 is 3.31. The number of rotatable bonds is 10. The molecule has 0 aliphatic heterocycles. The zero-order valence-corrected chi connectivity index (χ0v) is 20.7. The maximum Gasteiger partial charge on any atom is 0.252 e. The first kappa shape index (κ1) is 24.1. The van der Waals surface area contributed by atoms with Gasteiger partial charge in [-0.05, 0) is 60.9 Å². The number of benzene rings is 2. The van der Waals surface area contributed by atoms with Crippen molar-refractivity contribution in [2.24, 2.45) is 0 Å². The predicted octanol–water partition coefficient (Wildman–Crippen LogP) is 5.45. The smallest absolute Gasteiger partial charge is 0.252 e. The van der Waals surface area contributed by atoms with Gasteiger partial charge in [0, 0.05) is 34.2 Å². The van der Waals surface area contributed by atoms with Crippen molar-refractivity contribution < 1.29 is 9.53 Å². The van der Waals surface area contributed by atoms with Crippen LogP contribution in [0.5, 0.6) is 0 Å². The molecule has 0 bridgehead atoms. The molecule has 0 atom stereocenters. The highest BCUT2D eigenvalue weighted by Crippen LogP contribution is 2.33. The highest BCUT2D eigenvalue weighted by molar-refractivity contribution is 7.99. The summed E-state index contributed by atoms with van der Waals surface area (Å²) < 4.78 is 7.74. The van der Waals surface area contributed by atoms with Gasteiger partial charge in [-0.25, -0.2) is 4.68 Å². The van der Waals surface area contributed by atoms with Gasteiger partial charge in [-0.3, -0.25) is 9.78 Å². The molecule has 0 saturated carbocycles. The Hall–Kier alpha value is -3.07. The minimum absolute atomic E-state index is 0.0987. The van der Waals surface area contributed by atoms with Crippen molar-refractivity contribution in [1.82, 2.24) is 20.1 Å². The molecule has 0 aliphatic carbocycles. The van der Waals surface area contributed by atoms with Gasteiger partial charge in [0.15, 0.2) is 0 Å². The SMILES string of the molecule is CNC(=O)c1ccccc1Sc1ccc2c(/C=C/c3ccccn3)nn(COCCSC)c2c1. The van der Waals surface area contributed by atoms with Gasteiger partial charge in [-0.1, -0.05) is 30.0 Å². The standard InChI is InChI=1S/C26H26N4O2S2/c1-27-26(31)22-8-3-4-9-25(22)34-20-11-12-21-23(13-10-19-7-5-6-14-28-19)29-30(24(21)17-20)18-32-15-16-33-2/h3-14,17H,15-16,18H2,1-2H3,(H,27,31)/b13-10+. The molecule has 2 aromatic carbocycles. The highest BCUT2D eigenvalue weighted by Gasteiger charge is 2.13. The normalized spacial score (nSPS) is 11.4. The van der Waals surface area contributed by atoms with E-state index < -0.39 is 0 Å². The molecular weight excluding hydrogens is 464 g/mol. The summed E-state index contributed by atoms with van der Waals surface area (Å²) in [7, 11) is 1.64. The average Bonchev–Trinajstić information content (AvgIpc) is 3.22. The molecule has 34 heavy (non-hydrogen) atoms. The Morgan fingerprint density at radius 3 is 2.76 bits per heavy atom. The third-order valence-electron chi connectivity index (χ3n) is 5.08. The van der Waals surface area contributed by atoms with Crippen LogP contribution in [0.4, 0.5) is 0 Å². The predicted molar refractivity (Wildman–Crippen MR) is 141 cm³/mol.